The fourth-order valence-electron chi connectivity index (χ4n) is 4.02. The highest BCUT2D eigenvalue weighted by Gasteiger charge is 2.66. The van der Waals surface area contributed by atoms with Crippen molar-refractivity contribution in [2.24, 2.45) is 0 Å². The second kappa shape index (κ2) is 5.68. The quantitative estimate of drug-likeness (QED) is 0.837. The molecule has 5 nitrogen and oxygen atoms in total. The number of carbonyl (C=O) groups is 2. The number of urea groups is 1. The molecule has 4 rings (SSSR count). The van der Waals surface area contributed by atoms with Gasteiger partial charge in [-0.2, -0.15) is 0 Å². The van der Waals surface area contributed by atoms with E-state index < -0.39 is 11.7 Å². The number of hydrogen-bond acceptors (Lipinski definition) is 3. The zero-order chi connectivity index (χ0) is 18.6. The van der Waals surface area contributed by atoms with Gasteiger partial charge in [0.2, 0.25) is 0 Å². The van der Waals surface area contributed by atoms with Gasteiger partial charge in [0.05, 0.1) is 0 Å². The van der Waals surface area contributed by atoms with Gasteiger partial charge in [-0.25, -0.2) is 4.79 Å². The normalized spacial score (nSPS) is 24.3. The van der Waals surface area contributed by atoms with Gasteiger partial charge in [-0.3, -0.25) is 9.69 Å². The number of carbonyl (C=O) groups excluding carboxylic acids is 2. The molecule has 2 aliphatic rings. The fourth-order valence-corrected chi connectivity index (χ4v) is 4.02. The van der Waals surface area contributed by atoms with Gasteiger partial charge in [-0.1, -0.05) is 59.7 Å². The summed E-state index contributed by atoms with van der Waals surface area (Å²) in [4.78, 5) is 27.9. The zero-order valence-electron chi connectivity index (χ0n) is 15.4. The van der Waals surface area contributed by atoms with Crippen molar-refractivity contribution >= 4 is 11.9 Å². The van der Waals surface area contributed by atoms with Crippen LogP contribution in [0.2, 0.25) is 0 Å². The van der Waals surface area contributed by atoms with Crippen LogP contribution in [0.4, 0.5) is 4.79 Å². The Balaban J connectivity index is 1.88. The highest BCUT2D eigenvalue weighted by molar-refractivity contribution is 6.00. The molecule has 134 valence electrons. The first-order valence-electron chi connectivity index (χ1n) is 8.72. The maximum absolute atomic E-state index is 12.6. The Labute approximate surface area is 153 Å². The van der Waals surface area contributed by atoms with Gasteiger partial charge in [0.1, 0.15) is 11.6 Å². The van der Waals surface area contributed by atoms with Crippen molar-refractivity contribution in [1.82, 2.24) is 9.80 Å². The largest absolute Gasteiger partial charge is 0.348 e. The Hall–Kier alpha value is -2.66. The maximum Gasteiger partial charge on any atom is 0.326 e. The molecule has 2 heterocycles. The van der Waals surface area contributed by atoms with Crippen LogP contribution in [0.3, 0.4) is 0 Å². The monoisotopic (exact) mass is 350 g/mol. The molecular formula is C21H22N2O3. The van der Waals surface area contributed by atoms with Gasteiger partial charge in [0, 0.05) is 14.1 Å². The molecule has 26 heavy (non-hydrogen) atoms. The Bertz CT molecular complexity index is 810. The standard InChI is InChI=1S/C21H22N2O3/c1-13-5-9-15(10-6-13)21(16-11-7-14(2)8-12-16)18-17(26-21)19(24)23(4)20(25)22(18)3/h5-12,17-18H,1-4H3/t17-,18-/m1/s1. The summed E-state index contributed by atoms with van der Waals surface area (Å²) in [7, 11) is 3.24. The molecule has 2 fully saturated rings. The topological polar surface area (TPSA) is 49.9 Å². The van der Waals surface area contributed by atoms with E-state index in [4.69, 9.17) is 4.74 Å². The second-order valence-electron chi connectivity index (χ2n) is 7.24. The maximum atomic E-state index is 12.6. The number of benzene rings is 2. The van der Waals surface area contributed by atoms with E-state index in [1.165, 1.54) is 7.05 Å². The van der Waals surface area contributed by atoms with Gasteiger partial charge in [-0.05, 0) is 25.0 Å². The molecule has 0 unspecified atom stereocenters. The van der Waals surface area contributed by atoms with Crippen LogP contribution < -0.4 is 0 Å². The summed E-state index contributed by atoms with van der Waals surface area (Å²) in [5.74, 6) is -0.284. The van der Waals surface area contributed by atoms with Crippen LogP contribution in [0.25, 0.3) is 0 Å². The van der Waals surface area contributed by atoms with E-state index in [0.29, 0.717) is 0 Å². The molecule has 2 saturated heterocycles. The molecule has 2 atom stereocenters. The lowest BCUT2D eigenvalue weighted by molar-refractivity contribution is -0.247. The Kier molecular flexibility index (Phi) is 3.66. The molecule has 0 spiro atoms. The van der Waals surface area contributed by atoms with E-state index in [1.54, 1.807) is 11.9 Å². The molecule has 0 aromatic heterocycles. The van der Waals surface area contributed by atoms with Crippen LogP contribution in [-0.4, -0.2) is 48.0 Å². The summed E-state index contributed by atoms with van der Waals surface area (Å²) in [6.07, 6.45) is -0.648. The minimum absolute atomic E-state index is 0.284. The summed E-state index contributed by atoms with van der Waals surface area (Å²) in [6, 6.07) is 15.5. The average molecular weight is 350 g/mol. The highest BCUT2D eigenvalue weighted by Crippen LogP contribution is 2.51. The summed E-state index contributed by atoms with van der Waals surface area (Å²) in [5, 5.41) is 0. The minimum Gasteiger partial charge on any atom is -0.348 e. The van der Waals surface area contributed by atoms with E-state index in [0.717, 1.165) is 27.2 Å². The number of ether oxygens (including phenoxy) is 1. The zero-order valence-corrected chi connectivity index (χ0v) is 15.4. The van der Waals surface area contributed by atoms with E-state index >= 15 is 0 Å². The first-order valence-corrected chi connectivity index (χ1v) is 8.72. The average Bonchev–Trinajstić information content (AvgIpc) is 2.61. The van der Waals surface area contributed by atoms with Crippen molar-refractivity contribution < 1.29 is 14.3 Å². The number of likely N-dealkylation sites (N-methyl/N-ethyl adjacent to an activating group) is 2. The molecule has 2 aromatic carbocycles. The third-order valence-corrected chi connectivity index (χ3v) is 5.56. The van der Waals surface area contributed by atoms with E-state index in [2.05, 4.69) is 0 Å². The molecular weight excluding hydrogens is 328 g/mol. The van der Waals surface area contributed by atoms with E-state index in [9.17, 15) is 9.59 Å². The SMILES string of the molecule is Cc1ccc(C2(c3ccc(C)cc3)O[C@H]3C(=O)N(C)C(=O)N(C)[C@H]32)cc1. The number of nitrogens with zero attached hydrogens (tertiary/aromatic N) is 2. The summed E-state index contributed by atoms with van der Waals surface area (Å²) >= 11 is 0. The molecule has 0 bridgehead atoms. The first-order chi connectivity index (χ1) is 12.4. The smallest absolute Gasteiger partial charge is 0.326 e. The van der Waals surface area contributed by atoms with Crippen LogP contribution in [-0.2, 0) is 15.1 Å². The lowest BCUT2D eigenvalue weighted by Gasteiger charge is -2.60. The number of imide groups is 1. The molecule has 2 aliphatic heterocycles. The van der Waals surface area contributed by atoms with Crippen LogP contribution >= 0.6 is 0 Å². The molecule has 0 N–H and O–H groups in total. The van der Waals surface area contributed by atoms with Crippen molar-refractivity contribution in [3.8, 4) is 0 Å². The van der Waals surface area contributed by atoms with Crippen molar-refractivity contribution in [2.45, 2.75) is 31.6 Å². The molecule has 3 amide bonds. The van der Waals surface area contributed by atoms with Gasteiger partial charge in [0.15, 0.2) is 6.10 Å². The summed E-state index contributed by atoms with van der Waals surface area (Å²) < 4.78 is 6.30. The van der Waals surface area contributed by atoms with Gasteiger partial charge < -0.3 is 9.64 Å². The van der Waals surface area contributed by atoms with Crippen molar-refractivity contribution in [3.63, 3.8) is 0 Å². The highest BCUT2D eigenvalue weighted by atomic mass is 16.6. The van der Waals surface area contributed by atoms with Gasteiger partial charge >= 0.3 is 6.03 Å². The van der Waals surface area contributed by atoms with Crippen LogP contribution in [0.1, 0.15) is 22.3 Å². The number of aryl methyl sites for hydroxylation is 2. The number of rotatable bonds is 2. The summed E-state index contributed by atoms with van der Waals surface area (Å²) in [6.45, 7) is 4.06. The van der Waals surface area contributed by atoms with E-state index in [1.807, 2.05) is 62.4 Å². The molecule has 2 aromatic rings. The van der Waals surface area contributed by atoms with Crippen molar-refractivity contribution in [3.05, 3.63) is 70.8 Å². The first kappa shape index (κ1) is 16.8. The second-order valence-corrected chi connectivity index (χ2v) is 7.24. The molecule has 0 aliphatic carbocycles. The van der Waals surface area contributed by atoms with Gasteiger partial charge in [-0.15, -0.1) is 0 Å². The van der Waals surface area contributed by atoms with Crippen LogP contribution in [0.5, 0.6) is 0 Å². The third-order valence-electron chi connectivity index (χ3n) is 5.56. The Morgan fingerprint density at radius 1 is 0.846 bits per heavy atom. The third kappa shape index (κ3) is 2.13. The van der Waals surface area contributed by atoms with E-state index in [-0.39, 0.29) is 18.0 Å². The van der Waals surface area contributed by atoms with Gasteiger partial charge in [0.25, 0.3) is 5.91 Å². The number of amides is 3. The lowest BCUT2D eigenvalue weighted by atomic mass is 9.71. The Morgan fingerprint density at radius 2 is 1.31 bits per heavy atom. The van der Waals surface area contributed by atoms with Crippen molar-refractivity contribution in [1.29, 1.82) is 0 Å². The van der Waals surface area contributed by atoms with Crippen LogP contribution in [0.15, 0.2) is 48.5 Å². The van der Waals surface area contributed by atoms with Crippen molar-refractivity contribution in [2.75, 3.05) is 14.1 Å². The lowest BCUT2D eigenvalue weighted by Crippen LogP contribution is -2.77. The predicted molar refractivity (Wildman–Crippen MR) is 97.7 cm³/mol. The fraction of sp³-hybridized carbons (Fsp3) is 0.333. The minimum atomic E-state index is -0.840. The molecule has 5 heteroatoms. The van der Waals surface area contributed by atoms with Crippen LogP contribution in [0, 0.1) is 13.8 Å². The number of fused-ring (bicyclic) bond motifs is 1. The summed E-state index contributed by atoms with van der Waals surface area (Å²) in [5.41, 5.74) is 3.35. The molecule has 0 radical (unpaired) electrons. The molecule has 0 saturated carbocycles. The number of hydrogen-bond donors (Lipinski definition) is 0. The Morgan fingerprint density at radius 3 is 1.77 bits per heavy atom. The predicted octanol–water partition coefficient (Wildman–Crippen LogP) is 2.84.